The Morgan fingerprint density at radius 2 is 1.79 bits per heavy atom. The van der Waals surface area contributed by atoms with Gasteiger partial charge in [0.05, 0.1) is 0 Å². The highest BCUT2D eigenvalue weighted by Crippen LogP contribution is 2.28. The summed E-state index contributed by atoms with van der Waals surface area (Å²) in [7, 11) is 0. The smallest absolute Gasteiger partial charge is 0.408 e. The van der Waals surface area contributed by atoms with E-state index >= 15 is 0 Å². The average molecular weight is 463 g/mol. The summed E-state index contributed by atoms with van der Waals surface area (Å²) in [4.78, 5) is 51.7. The van der Waals surface area contributed by atoms with Gasteiger partial charge in [-0.1, -0.05) is 26.8 Å². The number of phenolic OH excluding ortho intramolecular Hbond substituents is 1. The van der Waals surface area contributed by atoms with E-state index < -0.39 is 41.1 Å². The molecule has 0 radical (unpaired) electrons. The normalized spacial score (nSPS) is 17.4. The zero-order valence-electron chi connectivity index (χ0n) is 20.1. The molecule has 1 aliphatic rings. The number of nitrogens with zero attached hydrogens (tertiary/aromatic N) is 1. The lowest BCUT2D eigenvalue weighted by atomic mass is 9.83. The Morgan fingerprint density at radius 1 is 1.15 bits per heavy atom. The highest BCUT2D eigenvalue weighted by Gasteiger charge is 2.39. The summed E-state index contributed by atoms with van der Waals surface area (Å²) in [6, 6.07) is 2.14. The highest BCUT2D eigenvalue weighted by atomic mass is 16.6. The van der Waals surface area contributed by atoms with Gasteiger partial charge in [-0.25, -0.2) is 9.59 Å². The van der Waals surface area contributed by atoms with Crippen molar-refractivity contribution in [3.8, 4) is 5.75 Å². The van der Waals surface area contributed by atoms with Crippen molar-refractivity contribution < 1.29 is 34.1 Å². The van der Waals surface area contributed by atoms with Gasteiger partial charge in [0.1, 0.15) is 23.4 Å². The Kier molecular flexibility index (Phi) is 7.77. The summed E-state index contributed by atoms with van der Waals surface area (Å²) in [6.07, 6.45) is -0.0326. The zero-order chi connectivity index (χ0) is 25.1. The van der Waals surface area contributed by atoms with Gasteiger partial charge in [-0.2, -0.15) is 0 Å². The summed E-state index contributed by atoms with van der Waals surface area (Å²) < 4.78 is 5.30. The predicted octanol–water partition coefficient (Wildman–Crippen LogP) is 3.13. The van der Waals surface area contributed by atoms with E-state index in [9.17, 15) is 29.4 Å². The minimum Gasteiger partial charge on any atom is -0.508 e. The molecule has 2 rings (SSSR count). The summed E-state index contributed by atoms with van der Waals surface area (Å²) in [5, 5.41) is 22.0. The summed E-state index contributed by atoms with van der Waals surface area (Å²) in [6.45, 7) is 10.5. The van der Waals surface area contributed by atoms with Crippen molar-refractivity contribution in [3.63, 3.8) is 0 Å². The van der Waals surface area contributed by atoms with Gasteiger partial charge < -0.3 is 25.2 Å². The quantitative estimate of drug-likeness (QED) is 0.553. The van der Waals surface area contributed by atoms with E-state index in [-0.39, 0.29) is 30.1 Å². The first-order valence-electron chi connectivity index (χ1n) is 11.0. The molecule has 9 heteroatoms. The molecule has 0 aromatic heterocycles. The number of nitrogens with one attached hydrogen (secondary N) is 1. The van der Waals surface area contributed by atoms with E-state index in [2.05, 4.69) is 5.32 Å². The van der Waals surface area contributed by atoms with Crippen LogP contribution in [0, 0.1) is 5.41 Å². The lowest BCUT2D eigenvalue weighted by Gasteiger charge is -2.29. The molecule has 9 nitrogen and oxygen atoms in total. The average Bonchev–Trinajstić information content (AvgIpc) is 3.15. The first-order chi connectivity index (χ1) is 15.1. The van der Waals surface area contributed by atoms with Crippen LogP contribution < -0.4 is 5.32 Å². The van der Waals surface area contributed by atoms with Gasteiger partial charge in [-0.3, -0.25) is 9.59 Å². The molecule has 0 spiro atoms. The molecule has 3 N–H and O–H groups in total. The standard InChI is InChI=1S/C24H34N2O7/c1-23(2,3)19(28)16-13-15(27)10-9-14(16)12-17(25-22(32)33-24(4,5)6)20(29)26-11-7-8-18(26)21(30)31/h9-10,13,17-18,27H,7-8,11-12H2,1-6H3,(H,25,32)(H,30,31)/t17-,18-/m0/s1. The number of carbonyl (C=O) groups is 4. The SMILES string of the molecule is CC(C)(C)OC(=O)N[C@@H](Cc1ccc(O)cc1C(=O)C(C)(C)C)C(=O)N1CCC[C@H]1C(=O)O. The van der Waals surface area contributed by atoms with Gasteiger partial charge in [0.15, 0.2) is 5.78 Å². The first-order valence-corrected chi connectivity index (χ1v) is 11.0. The molecule has 33 heavy (non-hydrogen) atoms. The summed E-state index contributed by atoms with van der Waals surface area (Å²) >= 11 is 0. The van der Waals surface area contributed by atoms with Crippen LogP contribution in [-0.4, -0.2) is 63.1 Å². The molecule has 1 saturated heterocycles. The molecule has 1 aromatic carbocycles. The van der Waals surface area contributed by atoms with Crippen LogP contribution in [0.1, 0.15) is 70.3 Å². The molecule has 1 aliphatic heterocycles. The number of Topliss-reactive ketones (excluding diaryl/α,β-unsaturated/α-hetero) is 1. The minimum atomic E-state index is -1.16. The fraction of sp³-hybridized carbons (Fsp3) is 0.583. The molecule has 2 atom stereocenters. The zero-order valence-corrected chi connectivity index (χ0v) is 20.1. The topological polar surface area (TPSA) is 133 Å². The molecule has 1 fully saturated rings. The number of aromatic hydroxyl groups is 1. The van der Waals surface area contributed by atoms with Crippen LogP contribution in [0.25, 0.3) is 0 Å². The first kappa shape index (κ1) is 26.2. The van der Waals surface area contributed by atoms with Crippen molar-refractivity contribution >= 4 is 23.8 Å². The number of ether oxygens (including phenoxy) is 1. The Balaban J connectivity index is 2.42. The number of ketones is 1. The van der Waals surface area contributed by atoms with Crippen LogP contribution in [0.2, 0.25) is 0 Å². The highest BCUT2D eigenvalue weighted by molar-refractivity contribution is 6.01. The molecular weight excluding hydrogens is 428 g/mol. The second-order valence-electron chi connectivity index (χ2n) is 10.4. The number of amides is 2. The molecule has 0 bridgehead atoms. The maximum atomic E-state index is 13.4. The van der Waals surface area contributed by atoms with Crippen LogP contribution >= 0.6 is 0 Å². The number of carboxylic acids is 1. The van der Waals surface area contributed by atoms with Crippen molar-refractivity contribution in [1.82, 2.24) is 10.2 Å². The van der Waals surface area contributed by atoms with E-state index in [1.807, 2.05) is 0 Å². The lowest BCUT2D eigenvalue weighted by Crippen LogP contribution is -2.53. The molecule has 1 heterocycles. The van der Waals surface area contributed by atoms with Crippen molar-refractivity contribution in [2.45, 2.75) is 78.5 Å². The fourth-order valence-corrected chi connectivity index (χ4v) is 3.72. The molecule has 182 valence electrons. The Morgan fingerprint density at radius 3 is 2.33 bits per heavy atom. The Labute approximate surface area is 194 Å². The Bertz CT molecular complexity index is 928. The third-order valence-corrected chi connectivity index (χ3v) is 5.25. The van der Waals surface area contributed by atoms with Crippen LogP contribution in [0.15, 0.2) is 18.2 Å². The molecular formula is C24H34N2O7. The van der Waals surface area contributed by atoms with E-state index in [0.29, 0.717) is 18.4 Å². The van der Waals surface area contributed by atoms with Crippen LogP contribution in [-0.2, 0) is 20.7 Å². The molecule has 1 aromatic rings. The number of hydrogen-bond donors (Lipinski definition) is 3. The second-order valence-corrected chi connectivity index (χ2v) is 10.4. The van der Waals surface area contributed by atoms with E-state index in [1.165, 1.54) is 23.1 Å². The molecule has 2 amide bonds. The van der Waals surface area contributed by atoms with Crippen molar-refractivity contribution in [2.75, 3.05) is 6.54 Å². The number of phenols is 1. The lowest BCUT2D eigenvalue weighted by molar-refractivity contribution is -0.149. The van der Waals surface area contributed by atoms with Gasteiger partial charge in [0, 0.05) is 23.9 Å². The van der Waals surface area contributed by atoms with Gasteiger partial charge in [-0.15, -0.1) is 0 Å². The van der Waals surface area contributed by atoms with Crippen LogP contribution in [0.5, 0.6) is 5.75 Å². The number of carbonyl (C=O) groups excluding carboxylic acids is 3. The minimum absolute atomic E-state index is 0.0711. The summed E-state index contributed by atoms with van der Waals surface area (Å²) in [5.74, 6) is -2.00. The number of likely N-dealkylation sites (tertiary alicyclic amines) is 1. The molecule has 0 saturated carbocycles. The van der Waals surface area contributed by atoms with Crippen LogP contribution in [0.3, 0.4) is 0 Å². The van der Waals surface area contributed by atoms with Gasteiger partial charge in [0.2, 0.25) is 5.91 Å². The maximum absolute atomic E-state index is 13.4. The number of aliphatic carboxylic acids is 1. The van der Waals surface area contributed by atoms with Crippen LogP contribution in [0.4, 0.5) is 4.79 Å². The van der Waals surface area contributed by atoms with E-state index in [0.717, 1.165) is 0 Å². The molecule has 0 unspecified atom stereocenters. The number of alkyl carbamates (subject to hydrolysis) is 1. The van der Waals surface area contributed by atoms with Gasteiger partial charge in [-0.05, 0) is 51.3 Å². The van der Waals surface area contributed by atoms with Gasteiger partial charge >= 0.3 is 12.1 Å². The summed E-state index contributed by atoms with van der Waals surface area (Å²) in [5.41, 5.74) is -0.860. The van der Waals surface area contributed by atoms with Gasteiger partial charge in [0.25, 0.3) is 0 Å². The number of rotatable bonds is 6. The fourth-order valence-electron chi connectivity index (χ4n) is 3.72. The molecule has 0 aliphatic carbocycles. The Hall–Kier alpha value is -3.10. The van der Waals surface area contributed by atoms with Crippen molar-refractivity contribution in [1.29, 1.82) is 0 Å². The number of carboxylic acid groups (broad SMARTS) is 1. The number of hydrogen-bond acceptors (Lipinski definition) is 6. The van der Waals surface area contributed by atoms with E-state index in [4.69, 9.17) is 4.74 Å². The van der Waals surface area contributed by atoms with Crippen molar-refractivity contribution in [2.24, 2.45) is 5.41 Å². The van der Waals surface area contributed by atoms with E-state index in [1.54, 1.807) is 41.5 Å². The third-order valence-electron chi connectivity index (χ3n) is 5.25. The second kappa shape index (κ2) is 9.80. The number of benzene rings is 1. The van der Waals surface area contributed by atoms with Crippen molar-refractivity contribution in [3.05, 3.63) is 29.3 Å². The maximum Gasteiger partial charge on any atom is 0.408 e. The largest absolute Gasteiger partial charge is 0.508 e. The third kappa shape index (κ3) is 6.94. The monoisotopic (exact) mass is 462 g/mol. The predicted molar refractivity (Wildman–Crippen MR) is 121 cm³/mol.